The Kier molecular flexibility index (Phi) is 3.74. The van der Waals surface area contributed by atoms with Gasteiger partial charge in [0.05, 0.1) is 17.9 Å². The Morgan fingerprint density at radius 2 is 2.31 bits per heavy atom. The molecule has 0 radical (unpaired) electrons. The maximum atomic E-state index is 5.97. The fraction of sp³-hybridized carbons (Fsp3) is 0.750. The highest BCUT2D eigenvalue weighted by Gasteiger charge is 2.11. The van der Waals surface area contributed by atoms with Gasteiger partial charge in [-0.1, -0.05) is 19.1 Å². The summed E-state index contributed by atoms with van der Waals surface area (Å²) in [4.78, 5) is 0. The van der Waals surface area contributed by atoms with Crippen molar-refractivity contribution in [2.24, 2.45) is 12.8 Å². The van der Waals surface area contributed by atoms with Gasteiger partial charge in [-0.25, -0.2) is 0 Å². The lowest BCUT2D eigenvalue weighted by Crippen LogP contribution is -2.17. The third-order valence-electron chi connectivity index (χ3n) is 1.74. The standard InChI is InChI=1S/C8H16N4S/c1-6(2)13-5-7(9)8-4-10-11-12(8)3/h4,6-7H,5,9H2,1-3H3. The van der Waals surface area contributed by atoms with Crippen LogP contribution >= 0.6 is 11.8 Å². The van der Waals surface area contributed by atoms with Crippen molar-refractivity contribution in [3.8, 4) is 0 Å². The minimum absolute atomic E-state index is 0.0346. The summed E-state index contributed by atoms with van der Waals surface area (Å²) in [5.74, 6) is 0.916. The summed E-state index contributed by atoms with van der Waals surface area (Å²) < 4.78 is 1.73. The van der Waals surface area contributed by atoms with Crippen LogP contribution in [0.15, 0.2) is 6.20 Å². The summed E-state index contributed by atoms with van der Waals surface area (Å²) >= 11 is 1.85. The molecule has 13 heavy (non-hydrogen) atoms. The molecule has 1 aromatic rings. The summed E-state index contributed by atoms with van der Waals surface area (Å²) in [6, 6.07) is 0.0346. The van der Waals surface area contributed by atoms with Crippen molar-refractivity contribution in [1.82, 2.24) is 15.0 Å². The van der Waals surface area contributed by atoms with Crippen LogP contribution < -0.4 is 5.73 Å². The van der Waals surface area contributed by atoms with E-state index in [0.717, 1.165) is 11.4 Å². The molecule has 0 saturated heterocycles. The SMILES string of the molecule is CC(C)SCC(N)c1cnnn1C. The predicted octanol–water partition coefficient (Wildman–Crippen LogP) is 0.956. The highest BCUT2D eigenvalue weighted by atomic mass is 32.2. The number of thioether (sulfide) groups is 1. The van der Waals surface area contributed by atoms with Crippen LogP contribution in [0.4, 0.5) is 0 Å². The van der Waals surface area contributed by atoms with Crippen LogP contribution in [0.3, 0.4) is 0 Å². The minimum atomic E-state index is 0.0346. The second-order valence-electron chi connectivity index (χ2n) is 3.27. The van der Waals surface area contributed by atoms with Gasteiger partial charge >= 0.3 is 0 Å². The average molecular weight is 200 g/mol. The molecule has 0 bridgehead atoms. The second kappa shape index (κ2) is 4.62. The maximum Gasteiger partial charge on any atom is 0.0759 e. The first-order valence-electron chi connectivity index (χ1n) is 4.33. The van der Waals surface area contributed by atoms with Crippen molar-refractivity contribution < 1.29 is 0 Å². The Bertz CT molecular complexity index is 258. The zero-order valence-corrected chi connectivity index (χ0v) is 9.08. The van der Waals surface area contributed by atoms with Gasteiger partial charge < -0.3 is 5.73 Å². The molecule has 0 spiro atoms. The summed E-state index contributed by atoms with van der Waals surface area (Å²) in [6.45, 7) is 4.33. The first kappa shape index (κ1) is 10.5. The van der Waals surface area contributed by atoms with E-state index in [1.54, 1.807) is 10.9 Å². The molecule has 0 aliphatic rings. The van der Waals surface area contributed by atoms with Gasteiger partial charge in [-0.05, 0) is 5.25 Å². The molecular weight excluding hydrogens is 184 g/mol. The Morgan fingerprint density at radius 3 is 2.77 bits per heavy atom. The predicted molar refractivity (Wildman–Crippen MR) is 55.5 cm³/mol. The maximum absolute atomic E-state index is 5.97. The molecule has 0 saturated carbocycles. The van der Waals surface area contributed by atoms with E-state index >= 15 is 0 Å². The molecule has 2 N–H and O–H groups in total. The molecule has 0 aliphatic carbocycles. The average Bonchev–Trinajstić information content (AvgIpc) is 2.47. The first-order valence-corrected chi connectivity index (χ1v) is 5.38. The van der Waals surface area contributed by atoms with Crippen LogP contribution in [0.2, 0.25) is 0 Å². The van der Waals surface area contributed by atoms with Gasteiger partial charge in [0.1, 0.15) is 0 Å². The van der Waals surface area contributed by atoms with Crippen LogP contribution in [0.1, 0.15) is 25.6 Å². The Hall–Kier alpha value is -0.550. The number of aromatic nitrogens is 3. The molecule has 0 aliphatic heterocycles. The summed E-state index contributed by atoms with van der Waals surface area (Å²) in [6.07, 6.45) is 1.73. The fourth-order valence-electron chi connectivity index (χ4n) is 1.01. The van der Waals surface area contributed by atoms with E-state index in [2.05, 4.69) is 24.2 Å². The van der Waals surface area contributed by atoms with Gasteiger partial charge in [0.15, 0.2) is 0 Å². The van der Waals surface area contributed by atoms with E-state index in [1.165, 1.54) is 0 Å². The second-order valence-corrected chi connectivity index (χ2v) is 4.88. The van der Waals surface area contributed by atoms with Gasteiger partial charge in [-0.3, -0.25) is 4.68 Å². The highest BCUT2D eigenvalue weighted by Crippen LogP contribution is 2.17. The molecular formula is C8H16N4S. The third kappa shape index (κ3) is 3.00. The van der Waals surface area contributed by atoms with Gasteiger partial charge in [-0.15, -0.1) is 5.10 Å². The monoisotopic (exact) mass is 200 g/mol. The number of aryl methyl sites for hydroxylation is 1. The van der Waals surface area contributed by atoms with E-state index in [1.807, 2.05) is 18.8 Å². The molecule has 4 nitrogen and oxygen atoms in total. The summed E-state index contributed by atoms with van der Waals surface area (Å²) in [5.41, 5.74) is 6.96. The van der Waals surface area contributed by atoms with Crippen molar-refractivity contribution in [3.63, 3.8) is 0 Å². The molecule has 74 valence electrons. The number of nitrogens with zero attached hydrogens (tertiary/aromatic N) is 3. The number of hydrogen-bond acceptors (Lipinski definition) is 4. The Balaban J connectivity index is 2.49. The normalized spacial score (nSPS) is 13.6. The van der Waals surface area contributed by atoms with Crippen molar-refractivity contribution in [1.29, 1.82) is 0 Å². The van der Waals surface area contributed by atoms with Crippen molar-refractivity contribution in [2.45, 2.75) is 25.1 Å². The largest absolute Gasteiger partial charge is 0.322 e. The molecule has 1 heterocycles. The van der Waals surface area contributed by atoms with E-state index in [9.17, 15) is 0 Å². The summed E-state index contributed by atoms with van der Waals surface area (Å²) in [5, 5.41) is 8.25. The number of rotatable bonds is 4. The van der Waals surface area contributed by atoms with E-state index in [4.69, 9.17) is 5.73 Å². The van der Waals surface area contributed by atoms with Crippen LogP contribution in [-0.4, -0.2) is 26.0 Å². The van der Waals surface area contributed by atoms with Gasteiger partial charge in [0.2, 0.25) is 0 Å². The van der Waals surface area contributed by atoms with E-state index in [0.29, 0.717) is 5.25 Å². The van der Waals surface area contributed by atoms with E-state index in [-0.39, 0.29) is 6.04 Å². The van der Waals surface area contributed by atoms with Crippen LogP contribution in [-0.2, 0) is 7.05 Å². The van der Waals surface area contributed by atoms with Gasteiger partial charge in [-0.2, -0.15) is 11.8 Å². The molecule has 5 heteroatoms. The smallest absolute Gasteiger partial charge is 0.0759 e. The molecule has 0 fully saturated rings. The van der Waals surface area contributed by atoms with Crippen LogP contribution in [0, 0.1) is 0 Å². The highest BCUT2D eigenvalue weighted by molar-refractivity contribution is 7.99. The molecule has 1 aromatic heterocycles. The number of nitrogens with two attached hydrogens (primary N) is 1. The molecule has 0 amide bonds. The number of hydrogen-bond donors (Lipinski definition) is 1. The molecule has 0 aromatic carbocycles. The van der Waals surface area contributed by atoms with Gasteiger partial charge in [0, 0.05) is 12.8 Å². The summed E-state index contributed by atoms with van der Waals surface area (Å²) in [7, 11) is 1.86. The lowest BCUT2D eigenvalue weighted by molar-refractivity contribution is 0.640. The van der Waals surface area contributed by atoms with Crippen LogP contribution in [0.5, 0.6) is 0 Å². The zero-order chi connectivity index (χ0) is 9.84. The van der Waals surface area contributed by atoms with Crippen molar-refractivity contribution in [2.75, 3.05) is 5.75 Å². The lowest BCUT2D eigenvalue weighted by Gasteiger charge is -2.12. The molecule has 1 atom stereocenters. The van der Waals surface area contributed by atoms with Crippen LogP contribution in [0.25, 0.3) is 0 Å². The van der Waals surface area contributed by atoms with Crippen molar-refractivity contribution >= 4 is 11.8 Å². The van der Waals surface area contributed by atoms with Gasteiger partial charge in [0.25, 0.3) is 0 Å². The third-order valence-corrected chi connectivity index (χ3v) is 2.96. The quantitative estimate of drug-likeness (QED) is 0.786. The fourth-order valence-corrected chi connectivity index (χ4v) is 1.78. The topological polar surface area (TPSA) is 56.7 Å². The van der Waals surface area contributed by atoms with E-state index < -0.39 is 0 Å². The lowest BCUT2D eigenvalue weighted by atomic mass is 10.3. The Labute approximate surface area is 82.9 Å². The first-order chi connectivity index (χ1) is 6.11. The molecule has 1 rings (SSSR count). The Morgan fingerprint density at radius 1 is 1.62 bits per heavy atom. The minimum Gasteiger partial charge on any atom is -0.322 e. The molecule has 1 unspecified atom stereocenters. The van der Waals surface area contributed by atoms with Crippen molar-refractivity contribution in [3.05, 3.63) is 11.9 Å². The zero-order valence-electron chi connectivity index (χ0n) is 8.27.